The fourth-order valence-corrected chi connectivity index (χ4v) is 2.53. The number of nitrogens with zero attached hydrogens (tertiary/aromatic N) is 1. The van der Waals surface area contributed by atoms with Crippen LogP contribution in [0.2, 0.25) is 0 Å². The number of nitrogens with one attached hydrogen (secondary N) is 1. The van der Waals surface area contributed by atoms with Crippen LogP contribution in [-0.2, 0) is 4.79 Å². The minimum Gasteiger partial charge on any atom is -0.480 e. The second-order valence-corrected chi connectivity index (χ2v) is 5.46. The monoisotopic (exact) mass is 265 g/mol. The lowest BCUT2D eigenvalue weighted by atomic mass is 10.0. The average molecular weight is 265 g/mol. The molecule has 96 valence electrons. The van der Waals surface area contributed by atoms with E-state index in [1.165, 1.54) is 18.7 Å². The van der Waals surface area contributed by atoms with Crippen molar-refractivity contribution in [1.29, 1.82) is 0 Å². The number of carboxylic acids is 1. The molecule has 0 aliphatic heterocycles. The van der Waals surface area contributed by atoms with E-state index in [0.29, 0.717) is 12.2 Å². The Morgan fingerprint density at radius 1 is 1.56 bits per heavy atom. The van der Waals surface area contributed by atoms with Gasteiger partial charge >= 0.3 is 5.97 Å². The number of H-pyrrole nitrogens is 1. The van der Waals surface area contributed by atoms with Gasteiger partial charge in [0.05, 0.1) is 11.0 Å². The summed E-state index contributed by atoms with van der Waals surface area (Å²) in [6.07, 6.45) is 0.393. The van der Waals surface area contributed by atoms with Crippen molar-refractivity contribution in [3.63, 3.8) is 0 Å². The van der Waals surface area contributed by atoms with Gasteiger partial charge in [0.1, 0.15) is 5.54 Å². The van der Waals surface area contributed by atoms with Gasteiger partial charge in [-0.1, -0.05) is 23.9 Å². The molecule has 0 fully saturated rings. The van der Waals surface area contributed by atoms with E-state index in [2.05, 4.69) is 9.97 Å². The first-order valence-electron chi connectivity index (χ1n) is 5.59. The molecule has 1 aromatic carbocycles. The van der Waals surface area contributed by atoms with Crippen LogP contribution in [0.3, 0.4) is 0 Å². The van der Waals surface area contributed by atoms with Crippen LogP contribution in [0, 0.1) is 0 Å². The second-order valence-electron chi connectivity index (χ2n) is 4.38. The number of aromatic nitrogens is 2. The quantitative estimate of drug-likeness (QED) is 0.717. The van der Waals surface area contributed by atoms with E-state index < -0.39 is 11.5 Å². The van der Waals surface area contributed by atoms with Gasteiger partial charge in [-0.15, -0.1) is 0 Å². The Hall–Kier alpha value is -1.53. The van der Waals surface area contributed by atoms with Gasteiger partial charge < -0.3 is 15.8 Å². The van der Waals surface area contributed by atoms with Crippen molar-refractivity contribution in [2.45, 2.75) is 24.0 Å². The number of imidazole rings is 1. The van der Waals surface area contributed by atoms with Crippen molar-refractivity contribution in [1.82, 2.24) is 9.97 Å². The number of aliphatic carboxylic acids is 1. The summed E-state index contributed by atoms with van der Waals surface area (Å²) in [5, 5.41) is 9.68. The fraction of sp³-hybridized carbons (Fsp3) is 0.333. The molecule has 0 amide bonds. The Kier molecular flexibility index (Phi) is 3.58. The van der Waals surface area contributed by atoms with Crippen molar-refractivity contribution in [2.75, 3.05) is 5.75 Å². The summed E-state index contributed by atoms with van der Waals surface area (Å²) in [5.41, 5.74) is 6.36. The molecule has 5 nitrogen and oxygen atoms in total. The Morgan fingerprint density at radius 2 is 2.28 bits per heavy atom. The highest BCUT2D eigenvalue weighted by Gasteiger charge is 2.27. The van der Waals surface area contributed by atoms with Crippen molar-refractivity contribution in [3.05, 3.63) is 24.3 Å². The molecule has 0 saturated carbocycles. The van der Waals surface area contributed by atoms with Crippen molar-refractivity contribution >= 4 is 28.8 Å². The molecule has 0 spiro atoms. The summed E-state index contributed by atoms with van der Waals surface area (Å²) in [5.74, 6) is -0.369. The van der Waals surface area contributed by atoms with Crippen molar-refractivity contribution in [3.8, 4) is 0 Å². The number of aromatic amines is 1. The van der Waals surface area contributed by atoms with Crippen molar-refractivity contribution in [2.24, 2.45) is 5.73 Å². The summed E-state index contributed by atoms with van der Waals surface area (Å²) < 4.78 is 0. The summed E-state index contributed by atoms with van der Waals surface area (Å²) in [6.45, 7) is 1.52. The zero-order valence-corrected chi connectivity index (χ0v) is 10.8. The Bertz CT molecular complexity index is 532. The van der Waals surface area contributed by atoms with Crippen LogP contribution in [0.1, 0.15) is 13.3 Å². The van der Waals surface area contributed by atoms with Crippen LogP contribution in [0.4, 0.5) is 0 Å². The van der Waals surface area contributed by atoms with E-state index in [0.717, 1.165) is 16.2 Å². The Labute approximate surface area is 109 Å². The third-order valence-electron chi connectivity index (χ3n) is 2.72. The topological polar surface area (TPSA) is 92.0 Å². The first-order valence-corrected chi connectivity index (χ1v) is 6.57. The van der Waals surface area contributed by atoms with Gasteiger partial charge in [-0.25, -0.2) is 4.98 Å². The van der Waals surface area contributed by atoms with Crippen molar-refractivity contribution < 1.29 is 9.90 Å². The summed E-state index contributed by atoms with van der Waals surface area (Å²) >= 11 is 1.48. The molecule has 0 aliphatic rings. The average Bonchev–Trinajstić information content (AvgIpc) is 2.70. The summed E-state index contributed by atoms with van der Waals surface area (Å²) in [7, 11) is 0. The van der Waals surface area contributed by atoms with Crippen LogP contribution in [0.15, 0.2) is 29.4 Å². The molecule has 1 heterocycles. The maximum Gasteiger partial charge on any atom is 0.323 e. The normalized spacial score (nSPS) is 14.6. The molecule has 0 aliphatic carbocycles. The largest absolute Gasteiger partial charge is 0.480 e. The van der Waals surface area contributed by atoms with E-state index in [4.69, 9.17) is 10.8 Å². The molecule has 1 unspecified atom stereocenters. The van der Waals surface area contributed by atoms with Gasteiger partial charge in [-0.2, -0.15) is 0 Å². The highest BCUT2D eigenvalue weighted by atomic mass is 32.2. The predicted octanol–water partition coefficient (Wildman–Crippen LogP) is 1.85. The smallest absolute Gasteiger partial charge is 0.323 e. The highest BCUT2D eigenvalue weighted by Crippen LogP contribution is 2.21. The standard InChI is InChI=1S/C12H15N3O2S/c1-12(13,10(16)17)6-7-18-11-14-8-4-2-3-5-9(8)15-11/h2-5H,6-7,13H2,1H3,(H,14,15)(H,16,17). The molecule has 1 aromatic heterocycles. The molecule has 0 saturated heterocycles. The van der Waals surface area contributed by atoms with Crippen LogP contribution in [-0.4, -0.2) is 32.3 Å². The zero-order chi connectivity index (χ0) is 13.2. The first kappa shape index (κ1) is 12.9. The number of thioether (sulfide) groups is 1. The minimum atomic E-state index is -1.18. The lowest BCUT2D eigenvalue weighted by Gasteiger charge is -2.17. The molecule has 0 radical (unpaired) electrons. The van der Waals surface area contributed by atoms with Gasteiger partial charge in [0.2, 0.25) is 0 Å². The lowest BCUT2D eigenvalue weighted by molar-refractivity contribution is -0.142. The molecular weight excluding hydrogens is 250 g/mol. The van der Waals surface area contributed by atoms with E-state index >= 15 is 0 Å². The van der Waals surface area contributed by atoms with Crippen LogP contribution < -0.4 is 5.73 Å². The molecule has 2 rings (SSSR count). The van der Waals surface area contributed by atoms with Gasteiger partial charge in [0.25, 0.3) is 0 Å². The number of hydrogen-bond acceptors (Lipinski definition) is 4. The maximum atomic E-state index is 10.8. The molecule has 0 bridgehead atoms. The van der Waals surface area contributed by atoms with Crippen LogP contribution in [0.25, 0.3) is 11.0 Å². The molecule has 18 heavy (non-hydrogen) atoms. The number of nitrogens with two attached hydrogens (primary N) is 1. The lowest BCUT2D eigenvalue weighted by Crippen LogP contribution is -2.45. The Morgan fingerprint density at radius 3 is 2.94 bits per heavy atom. The van der Waals surface area contributed by atoms with E-state index in [1.807, 2.05) is 24.3 Å². The predicted molar refractivity (Wildman–Crippen MR) is 71.7 cm³/mol. The number of benzene rings is 1. The third kappa shape index (κ3) is 2.83. The van der Waals surface area contributed by atoms with E-state index in [9.17, 15) is 4.79 Å². The molecular formula is C12H15N3O2S. The van der Waals surface area contributed by atoms with Gasteiger partial charge in [-0.3, -0.25) is 4.79 Å². The maximum absolute atomic E-state index is 10.8. The third-order valence-corrected chi connectivity index (χ3v) is 3.59. The number of hydrogen-bond donors (Lipinski definition) is 3. The SMILES string of the molecule is CC(N)(CCSc1nc2ccccc2[nH]1)C(=O)O. The molecule has 2 aromatic rings. The van der Waals surface area contributed by atoms with Gasteiger partial charge in [-0.05, 0) is 25.5 Å². The number of carbonyl (C=O) groups is 1. The summed E-state index contributed by atoms with van der Waals surface area (Å²) in [6, 6.07) is 7.76. The van der Waals surface area contributed by atoms with Gasteiger partial charge in [0, 0.05) is 5.75 Å². The number of para-hydroxylation sites is 2. The van der Waals surface area contributed by atoms with Crippen LogP contribution >= 0.6 is 11.8 Å². The number of rotatable bonds is 5. The number of fused-ring (bicyclic) bond motifs is 1. The Balaban J connectivity index is 1.96. The fourth-order valence-electron chi connectivity index (χ4n) is 1.46. The van der Waals surface area contributed by atoms with E-state index in [-0.39, 0.29) is 0 Å². The van der Waals surface area contributed by atoms with E-state index in [1.54, 1.807) is 0 Å². The van der Waals surface area contributed by atoms with Crippen LogP contribution in [0.5, 0.6) is 0 Å². The zero-order valence-electron chi connectivity index (χ0n) is 10.0. The molecule has 1 atom stereocenters. The van der Waals surface area contributed by atoms with Gasteiger partial charge in [0.15, 0.2) is 5.16 Å². The molecule has 4 N–H and O–H groups in total. The molecule has 6 heteroatoms. The first-order chi connectivity index (χ1) is 8.49. The summed E-state index contributed by atoms with van der Waals surface area (Å²) in [4.78, 5) is 18.4. The highest BCUT2D eigenvalue weighted by molar-refractivity contribution is 7.99. The number of carboxylic acid groups (broad SMARTS) is 1. The minimum absolute atomic E-state index is 0.393. The second kappa shape index (κ2) is 4.99.